The summed E-state index contributed by atoms with van der Waals surface area (Å²) in [5, 5.41) is 7.70. The van der Waals surface area contributed by atoms with Crippen molar-refractivity contribution in [1.29, 1.82) is 0 Å². The molecular formula is C11H21N3S. The molecular weight excluding hydrogens is 206 g/mol. The van der Waals surface area contributed by atoms with Crippen LogP contribution in [0.1, 0.15) is 25.8 Å². The van der Waals surface area contributed by atoms with Gasteiger partial charge in [-0.1, -0.05) is 13.8 Å². The third-order valence-electron chi connectivity index (χ3n) is 2.11. The number of aromatic nitrogens is 2. The van der Waals surface area contributed by atoms with E-state index in [4.69, 9.17) is 0 Å². The predicted molar refractivity (Wildman–Crippen MR) is 67.2 cm³/mol. The van der Waals surface area contributed by atoms with Gasteiger partial charge in [0.1, 0.15) is 0 Å². The summed E-state index contributed by atoms with van der Waals surface area (Å²) in [6, 6.07) is 0. The van der Waals surface area contributed by atoms with Crippen LogP contribution < -0.4 is 5.32 Å². The lowest BCUT2D eigenvalue weighted by atomic mass is 10.3. The molecule has 1 rings (SSSR count). The third kappa shape index (κ3) is 5.23. The average Bonchev–Trinajstić information content (AvgIpc) is 2.67. The molecule has 0 aliphatic carbocycles. The van der Waals surface area contributed by atoms with Gasteiger partial charge in [0.15, 0.2) is 0 Å². The van der Waals surface area contributed by atoms with Crippen LogP contribution in [0, 0.1) is 0 Å². The van der Waals surface area contributed by atoms with E-state index in [0.29, 0.717) is 0 Å². The van der Waals surface area contributed by atoms with Gasteiger partial charge in [-0.15, -0.1) is 0 Å². The van der Waals surface area contributed by atoms with Crippen molar-refractivity contribution >= 4 is 11.8 Å². The Morgan fingerprint density at radius 3 is 3.07 bits per heavy atom. The van der Waals surface area contributed by atoms with Crippen LogP contribution in [0.25, 0.3) is 0 Å². The zero-order chi connectivity index (χ0) is 10.9. The summed E-state index contributed by atoms with van der Waals surface area (Å²) in [6.07, 6.45) is 5.28. The Hall–Kier alpha value is -0.480. The highest BCUT2D eigenvalue weighted by Crippen LogP contribution is 2.02. The smallest absolute Gasteiger partial charge is 0.0534 e. The van der Waals surface area contributed by atoms with Gasteiger partial charge in [-0.3, -0.25) is 4.68 Å². The van der Waals surface area contributed by atoms with Crippen molar-refractivity contribution in [2.75, 3.05) is 18.1 Å². The third-order valence-corrected chi connectivity index (χ3v) is 2.99. The van der Waals surface area contributed by atoms with Crippen molar-refractivity contribution in [2.45, 2.75) is 33.4 Å². The monoisotopic (exact) mass is 227 g/mol. The quantitative estimate of drug-likeness (QED) is 0.690. The molecule has 86 valence electrons. The number of nitrogens with zero attached hydrogens (tertiary/aromatic N) is 2. The van der Waals surface area contributed by atoms with Crippen LogP contribution in [0.5, 0.6) is 0 Å². The summed E-state index contributed by atoms with van der Waals surface area (Å²) in [4.78, 5) is 0. The summed E-state index contributed by atoms with van der Waals surface area (Å²) in [5.74, 6) is 2.34. The van der Waals surface area contributed by atoms with Crippen LogP contribution in [0.4, 0.5) is 0 Å². The molecule has 0 bridgehead atoms. The van der Waals surface area contributed by atoms with E-state index in [1.165, 1.54) is 17.7 Å². The number of aryl methyl sites for hydroxylation is 1. The first kappa shape index (κ1) is 12.6. The predicted octanol–water partition coefficient (Wildman–Crippen LogP) is 2.14. The lowest BCUT2D eigenvalue weighted by molar-refractivity contribution is 0.658. The Balaban J connectivity index is 2.23. The molecule has 1 aromatic rings. The van der Waals surface area contributed by atoms with Crippen molar-refractivity contribution < 1.29 is 0 Å². The van der Waals surface area contributed by atoms with Crippen LogP contribution in [-0.4, -0.2) is 27.8 Å². The standard InChI is InChI=1S/C11H21N3S/c1-3-5-12-8-11-9-13-14(10-11)6-7-15-4-2/h9-10,12H,3-8H2,1-2H3. The van der Waals surface area contributed by atoms with Gasteiger partial charge in [0.05, 0.1) is 6.20 Å². The highest BCUT2D eigenvalue weighted by Gasteiger charge is 1.97. The largest absolute Gasteiger partial charge is 0.313 e. The first-order chi connectivity index (χ1) is 7.36. The lowest BCUT2D eigenvalue weighted by Gasteiger charge is -2.00. The van der Waals surface area contributed by atoms with Crippen LogP contribution in [0.2, 0.25) is 0 Å². The molecule has 15 heavy (non-hydrogen) atoms. The van der Waals surface area contributed by atoms with E-state index < -0.39 is 0 Å². The second-order valence-electron chi connectivity index (χ2n) is 3.49. The minimum absolute atomic E-state index is 0.939. The van der Waals surface area contributed by atoms with Crippen molar-refractivity contribution in [3.05, 3.63) is 18.0 Å². The minimum atomic E-state index is 0.939. The van der Waals surface area contributed by atoms with Gasteiger partial charge in [0, 0.05) is 30.6 Å². The fraction of sp³-hybridized carbons (Fsp3) is 0.727. The zero-order valence-electron chi connectivity index (χ0n) is 9.70. The van der Waals surface area contributed by atoms with E-state index in [-0.39, 0.29) is 0 Å². The Bertz CT molecular complexity index is 236. The van der Waals surface area contributed by atoms with Crippen molar-refractivity contribution in [3.8, 4) is 0 Å². The average molecular weight is 227 g/mol. The maximum Gasteiger partial charge on any atom is 0.0534 e. The summed E-state index contributed by atoms with van der Waals surface area (Å²) in [7, 11) is 0. The van der Waals surface area contributed by atoms with Gasteiger partial charge >= 0.3 is 0 Å². The van der Waals surface area contributed by atoms with Gasteiger partial charge in [0.2, 0.25) is 0 Å². The summed E-state index contributed by atoms with van der Waals surface area (Å²) in [5.41, 5.74) is 1.28. The molecule has 0 aliphatic rings. The number of hydrogen-bond donors (Lipinski definition) is 1. The molecule has 0 atom stereocenters. The number of nitrogens with one attached hydrogen (secondary N) is 1. The first-order valence-corrected chi connectivity index (χ1v) is 6.82. The normalized spacial score (nSPS) is 10.8. The number of rotatable bonds is 8. The molecule has 0 fully saturated rings. The fourth-order valence-electron chi connectivity index (χ4n) is 1.33. The number of thioether (sulfide) groups is 1. The Morgan fingerprint density at radius 2 is 2.33 bits per heavy atom. The van der Waals surface area contributed by atoms with E-state index in [0.717, 1.165) is 25.4 Å². The zero-order valence-corrected chi connectivity index (χ0v) is 10.5. The van der Waals surface area contributed by atoms with Gasteiger partial charge in [-0.05, 0) is 18.7 Å². The van der Waals surface area contributed by atoms with Crippen LogP contribution in [-0.2, 0) is 13.1 Å². The molecule has 0 aliphatic heterocycles. The number of hydrogen-bond acceptors (Lipinski definition) is 3. The van der Waals surface area contributed by atoms with Crippen molar-refractivity contribution in [2.24, 2.45) is 0 Å². The van der Waals surface area contributed by atoms with Crippen molar-refractivity contribution in [1.82, 2.24) is 15.1 Å². The van der Waals surface area contributed by atoms with E-state index in [1.807, 2.05) is 22.6 Å². The molecule has 3 nitrogen and oxygen atoms in total. The summed E-state index contributed by atoms with van der Waals surface area (Å²) < 4.78 is 2.03. The molecule has 1 heterocycles. The maximum absolute atomic E-state index is 4.33. The van der Waals surface area contributed by atoms with Crippen LogP contribution >= 0.6 is 11.8 Å². The van der Waals surface area contributed by atoms with E-state index in [1.54, 1.807) is 0 Å². The topological polar surface area (TPSA) is 29.9 Å². The Kier molecular flexibility index (Phi) is 6.52. The van der Waals surface area contributed by atoms with E-state index in [9.17, 15) is 0 Å². The molecule has 0 saturated heterocycles. The SMILES string of the molecule is CCCNCc1cnn(CCSCC)c1. The van der Waals surface area contributed by atoms with E-state index in [2.05, 4.69) is 30.5 Å². The molecule has 0 saturated carbocycles. The van der Waals surface area contributed by atoms with Crippen LogP contribution in [0.3, 0.4) is 0 Å². The lowest BCUT2D eigenvalue weighted by Crippen LogP contribution is -2.13. The van der Waals surface area contributed by atoms with Gasteiger partial charge in [-0.25, -0.2) is 0 Å². The summed E-state index contributed by atoms with van der Waals surface area (Å²) >= 11 is 1.96. The van der Waals surface area contributed by atoms with Crippen LogP contribution in [0.15, 0.2) is 12.4 Å². The summed E-state index contributed by atoms with van der Waals surface area (Å²) in [6.45, 7) is 7.41. The van der Waals surface area contributed by atoms with Gasteiger partial charge < -0.3 is 5.32 Å². The van der Waals surface area contributed by atoms with Gasteiger partial charge in [-0.2, -0.15) is 16.9 Å². The second-order valence-corrected chi connectivity index (χ2v) is 4.88. The molecule has 0 aromatic carbocycles. The molecule has 0 unspecified atom stereocenters. The van der Waals surface area contributed by atoms with Crippen molar-refractivity contribution in [3.63, 3.8) is 0 Å². The molecule has 4 heteroatoms. The van der Waals surface area contributed by atoms with Gasteiger partial charge in [0.25, 0.3) is 0 Å². The fourth-order valence-corrected chi connectivity index (χ4v) is 1.94. The molecule has 0 radical (unpaired) electrons. The minimum Gasteiger partial charge on any atom is -0.313 e. The van der Waals surface area contributed by atoms with E-state index >= 15 is 0 Å². The molecule has 1 N–H and O–H groups in total. The Labute approximate surface area is 96.6 Å². The molecule has 0 spiro atoms. The molecule has 1 aromatic heterocycles. The highest BCUT2D eigenvalue weighted by molar-refractivity contribution is 7.99. The molecule has 0 amide bonds. The Morgan fingerprint density at radius 1 is 1.47 bits per heavy atom. The second kappa shape index (κ2) is 7.77. The first-order valence-electron chi connectivity index (χ1n) is 5.66. The maximum atomic E-state index is 4.33. The highest BCUT2D eigenvalue weighted by atomic mass is 32.2.